The Labute approximate surface area is 134 Å². The van der Waals surface area contributed by atoms with Crippen molar-refractivity contribution in [2.24, 2.45) is 0 Å². The highest BCUT2D eigenvalue weighted by molar-refractivity contribution is 8.07. The summed E-state index contributed by atoms with van der Waals surface area (Å²) in [6.45, 7) is 4.48. The van der Waals surface area contributed by atoms with Gasteiger partial charge in [0.15, 0.2) is 0 Å². The van der Waals surface area contributed by atoms with E-state index < -0.39 is 0 Å². The van der Waals surface area contributed by atoms with Crippen LogP contribution in [0.15, 0.2) is 0 Å². The molecule has 2 unspecified atom stereocenters. The molecule has 20 heavy (non-hydrogen) atoms. The van der Waals surface area contributed by atoms with Gasteiger partial charge in [-0.1, -0.05) is 58.8 Å². The molecule has 0 N–H and O–H groups in total. The summed E-state index contributed by atoms with van der Waals surface area (Å²) in [5.74, 6) is 2.92. The summed E-state index contributed by atoms with van der Waals surface area (Å²) < 4.78 is 0. The Morgan fingerprint density at radius 3 is 2.15 bits per heavy atom. The molecule has 0 amide bonds. The molecule has 1 saturated heterocycles. The van der Waals surface area contributed by atoms with Crippen molar-refractivity contribution in [3.05, 3.63) is 0 Å². The summed E-state index contributed by atoms with van der Waals surface area (Å²) in [7, 11) is 0. The van der Waals surface area contributed by atoms with Crippen molar-refractivity contribution in [3.63, 3.8) is 0 Å². The minimum Gasteiger partial charge on any atom is -0.298 e. The molecule has 0 bridgehead atoms. The van der Waals surface area contributed by atoms with Crippen LogP contribution >= 0.6 is 23.5 Å². The minimum absolute atomic E-state index is 0.295. The largest absolute Gasteiger partial charge is 0.298 e. The van der Waals surface area contributed by atoms with Gasteiger partial charge >= 0.3 is 0 Å². The fraction of sp³-hybridized carbons (Fsp3) is 0.941. The molecule has 2 atom stereocenters. The predicted molar refractivity (Wildman–Crippen MR) is 95.0 cm³/mol. The van der Waals surface area contributed by atoms with Gasteiger partial charge in [-0.2, -0.15) is 11.8 Å². The van der Waals surface area contributed by atoms with Crippen LogP contribution in [0.1, 0.15) is 78.1 Å². The van der Waals surface area contributed by atoms with E-state index in [4.69, 9.17) is 0 Å². The van der Waals surface area contributed by atoms with Gasteiger partial charge < -0.3 is 0 Å². The summed E-state index contributed by atoms with van der Waals surface area (Å²) in [4.78, 5) is 12.3. The number of carbonyl (C=O) groups excluding carboxylic acids is 1. The highest BCUT2D eigenvalue weighted by atomic mass is 32.2. The fourth-order valence-electron chi connectivity index (χ4n) is 2.78. The number of carbonyl (C=O) groups is 1. The molecular formula is C17H32OS2. The van der Waals surface area contributed by atoms with E-state index in [1.54, 1.807) is 0 Å². The van der Waals surface area contributed by atoms with Gasteiger partial charge in [0.2, 0.25) is 0 Å². The Morgan fingerprint density at radius 2 is 1.50 bits per heavy atom. The molecule has 1 heterocycles. The maximum atomic E-state index is 12.3. The number of unbranched alkanes of at least 4 members (excludes halogenated alkanes) is 7. The standard InChI is InChI=1S/C17H32OS2/c1-3-5-6-7-8-9-10-11-12-15(18)17-16(4-2)19-13-14-20-17/h16-17H,3-14H2,1-2H3. The fourth-order valence-corrected chi connectivity index (χ4v) is 5.85. The van der Waals surface area contributed by atoms with Crippen molar-refractivity contribution < 1.29 is 4.79 Å². The molecule has 0 aliphatic carbocycles. The predicted octanol–water partition coefficient (Wildman–Crippen LogP) is 5.71. The zero-order chi connectivity index (χ0) is 14.6. The van der Waals surface area contributed by atoms with E-state index in [1.807, 2.05) is 23.5 Å². The van der Waals surface area contributed by atoms with E-state index in [-0.39, 0.29) is 0 Å². The summed E-state index contributed by atoms with van der Waals surface area (Å²) in [5.41, 5.74) is 0. The molecule has 1 aliphatic heterocycles. The van der Waals surface area contributed by atoms with Gasteiger partial charge in [-0.3, -0.25) is 4.79 Å². The van der Waals surface area contributed by atoms with E-state index in [2.05, 4.69) is 13.8 Å². The second kappa shape index (κ2) is 12.0. The van der Waals surface area contributed by atoms with Crippen molar-refractivity contribution in [2.45, 2.75) is 88.6 Å². The molecule has 0 aromatic rings. The first-order chi connectivity index (χ1) is 9.79. The maximum Gasteiger partial charge on any atom is 0.146 e. The third kappa shape index (κ3) is 7.40. The third-order valence-electron chi connectivity index (χ3n) is 4.05. The Kier molecular flexibility index (Phi) is 11.0. The smallest absolute Gasteiger partial charge is 0.146 e. The van der Waals surface area contributed by atoms with Crippen LogP contribution in [0.2, 0.25) is 0 Å². The SMILES string of the molecule is CCCCCCCCCCC(=O)C1SCCSC1CC. The van der Waals surface area contributed by atoms with Crippen LogP contribution in [0.5, 0.6) is 0 Å². The molecule has 1 rings (SSSR count). The lowest BCUT2D eigenvalue weighted by atomic mass is 10.0. The number of hydrogen-bond donors (Lipinski definition) is 0. The Bertz CT molecular complexity index is 255. The molecule has 0 radical (unpaired) electrons. The van der Waals surface area contributed by atoms with Crippen molar-refractivity contribution in [3.8, 4) is 0 Å². The molecular weight excluding hydrogens is 284 g/mol. The normalized spacial score (nSPS) is 22.9. The van der Waals surface area contributed by atoms with Gasteiger partial charge in [-0.25, -0.2) is 0 Å². The number of Topliss-reactive ketones (excluding diaryl/α,β-unsaturated/α-hetero) is 1. The van der Waals surface area contributed by atoms with E-state index >= 15 is 0 Å². The summed E-state index contributed by atoms with van der Waals surface area (Å²) in [6.07, 6.45) is 12.5. The van der Waals surface area contributed by atoms with Gasteiger partial charge in [-0.15, -0.1) is 11.8 Å². The Balaban J connectivity index is 2.04. The maximum absolute atomic E-state index is 12.3. The quantitative estimate of drug-likeness (QED) is 0.454. The van der Waals surface area contributed by atoms with Crippen LogP contribution in [0, 0.1) is 0 Å². The molecule has 1 aliphatic rings. The van der Waals surface area contributed by atoms with Crippen LogP contribution in [0.3, 0.4) is 0 Å². The molecule has 118 valence electrons. The van der Waals surface area contributed by atoms with Gasteiger partial charge in [0, 0.05) is 23.2 Å². The van der Waals surface area contributed by atoms with Crippen molar-refractivity contribution in [1.82, 2.24) is 0 Å². The van der Waals surface area contributed by atoms with Gasteiger partial charge in [0.1, 0.15) is 5.78 Å². The monoisotopic (exact) mass is 316 g/mol. The first kappa shape index (κ1) is 18.4. The average Bonchev–Trinajstić information content (AvgIpc) is 2.49. The summed E-state index contributed by atoms with van der Waals surface area (Å²) in [6, 6.07) is 0. The lowest BCUT2D eigenvalue weighted by molar-refractivity contribution is -0.118. The lowest BCUT2D eigenvalue weighted by Crippen LogP contribution is -2.32. The molecule has 3 heteroatoms. The topological polar surface area (TPSA) is 17.1 Å². The minimum atomic E-state index is 0.295. The summed E-state index contributed by atoms with van der Waals surface area (Å²) >= 11 is 3.92. The highest BCUT2D eigenvalue weighted by Crippen LogP contribution is 2.34. The molecule has 0 aromatic heterocycles. The van der Waals surface area contributed by atoms with E-state index in [0.717, 1.165) is 25.0 Å². The van der Waals surface area contributed by atoms with Gasteiger partial charge in [-0.05, 0) is 12.8 Å². The van der Waals surface area contributed by atoms with Crippen LogP contribution in [0.25, 0.3) is 0 Å². The van der Waals surface area contributed by atoms with E-state index in [9.17, 15) is 4.79 Å². The van der Waals surface area contributed by atoms with Crippen LogP contribution in [-0.2, 0) is 4.79 Å². The highest BCUT2D eigenvalue weighted by Gasteiger charge is 2.30. The van der Waals surface area contributed by atoms with Gasteiger partial charge in [0.25, 0.3) is 0 Å². The number of rotatable bonds is 11. The Hall–Kier alpha value is 0.370. The van der Waals surface area contributed by atoms with Crippen molar-refractivity contribution >= 4 is 29.3 Å². The van der Waals surface area contributed by atoms with Crippen LogP contribution in [-0.4, -0.2) is 27.8 Å². The molecule has 0 spiro atoms. The first-order valence-corrected chi connectivity index (χ1v) is 10.6. The zero-order valence-electron chi connectivity index (χ0n) is 13.4. The number of thioether (sulfide) groups is 2. The first-order valence-electron chi connectivity index (χ1n) is 8.55. The van der Waals surface area contributed by atoms with Crippen LogP contribution < -0.4 is 0 Å². The third-order valence-corrected chi connectivity index (χ3v) is 7.34. The van der Waals surface area contributed by atoms with E-state index in [1.165, 1.54) is 50.7 Å². The summed E-state index contributed by atoms with van der Waals surface area (Å²) in [5, 5.41) is 0.874. The van der Waals surface area contributed by atoms with Crippen LogP contribution in [0.4, 0.5) is 0 Å². The molecule has 1 fully saturated rings. The molecule has 1 nitrogen and oxygen atoms in total. The second-order valence-corrected chi connectivity index (χ2v) is 8.40. The van der Waals surface area contributed by atoms with E-state index in [0.29, 0.717) is 16.3 Å². The van der Waals surface area contributed by atoms with Gasteiger partial charge in [0.05, 0.1) is 5.25 Å². The second-order valence-electron chi connectivity index (χ2n) is 5.80. The van der Waals surface area contributed by atoms with Crippen molar-refractivity contribution in [2.75, 3.05) is 11.5 Å². The zero-order valence-corrected chi connectivity index (χ0v) is 15.0. The van der Waals surface area contributed by atoms with Crippen molar-refractivity contribution in [1.29, 1.82) is 0 Å². The average molecular weight is 317 g/mol. The molecule has 0 saturated carbocycles. The lowest BCUT2D eigenvalue weighted by Gasteiger charge is -2.28. The number of ketones is 1. The molecule has 0 aromatic carbocycles. The Morgan fingerprint density at radius 1 is 0.900 bits per heavy atom. The number of hydrogen-bond acceptors (Lipinski definition) is 3.